The van der Waals surface area contributed by atoms with Gasteiger partial charge in [0.25, 0.3) is 5.91 Å². The third-order valence-corrected chi connectivity index (χ3v) is 3.11. The Hall–Kier alpha value is -3.23. The van der Waals surface area contributed by atoms with Crippen LogP contribution in [0.25, 0.3) is 0 Å². The second-order valence-electron chi connectivity index (χ2n) is 5.30. The summed E-state index contributed by atoms with van der Waals surface area (Å²) in [5.74, 6) is -1.32. The molecule has 0 aliphatic rings. The number of nitrogens with one attached hydrogen (secondary N) is 1. The van der Waals surface area contributed by atoms with Crippen molar-refractivity contribution >= 4 is 17.6 Å². The van der Waals surface area contributed by atoms with Crippen LogP contribution in [0.4, 0.5) is 18.9 Å². The van der Waals surface area contributed by atoms with E-state index in [1.165, 1.54) is 19.1 Å². The number of carbonyl (C=O) groups is 2. The SMILES string of the molecule is C[C@@H](Oc1ccccc1)C(=O)OCC(=O)Nc1ccc(OC(F)(F)F)cc1. The largest absolute Gasteiger partial charge is 0.573 e. The quantitative estimate of drug-likeness (QED) is 0.741. The van der Waals surface area contributed by atoms with E-state index in [1.807, 2.05) is 0 Å². The highest BCUT2D eigenvalue weighted by atomic mass is 19.4. The first-order valence-corrected chi connectivity index (χ1v) is 7.77. The van der Waals surface area contributed by atoms with Crippen molar-refractivity contribution in [3.05, 3.63) is 54.6 Å². The lowest BCUT2D eigenvalue weighted by molar-refractivity contribution is -0.274. The number of hydrogen-bond acceptors (Lipinski definition) is 5. The molecule has 0 bridgehead atoms. The summed E-state index contributed by atoms with van der Waals surface area (Å²) in [4.78, 5) is 23.6. The van der Waals surface area contributed by atoms with Crippen LogP contribution in [0, 0.1) is 0 Å². The van der Waals surface area contributed by atoms with E-state index >= 15 is 0 Å². The molecule has 0 heterocycles. The second-order valence-corrected chi connectivity index (χ2v) is 5.30. The van der Waals surface area contributed by atoms with Crippen LogP contribution in [0.3, 0.4) is 0 Å². The lowest BCUT2D eigenvalue weighted by atomic mass is 10.3. The summed E-state index contributed by atoms with van der Waals surface area (Å²) in [6, 6.07) is 13.2. The highest BCUT2D eigenvalue weighted by Crippen LogP contribution is 2.23. The highest BCUT2D eigenvalue weighted by molar-refractivity contribution is 5.93. The number of hydrogen-bond donors (Lipinski definition) is 1. The average Bonchev–Trinajstić information content (AvgIpc) is 2.61. The molecule has 6 nitrogen and oxygen atoms in total. The van der Waals surface area contributed by atoms with Gasteiger partial charge in [-0.2, -0.15) is 0 Å². The van der Waals surface area contributed by atoms with E-state index < -0.39 is 36.7 Å². The van der Waals surface area contributed by atoms with Gasteiger partial charge >= 0.3 is 12.3 Å². The Morgan fingerprint density at radius 2 is 1.63 bits per heavy atom. The maximum atomic E-state index is 12.1. The standard InChI is InChI=1S/C18H16F3NO5/c1-12(26-14-5-3-2-4-6-14)17(24)25-11-16(23)22-13-7-9-15(10-8-13)27-18(19,20)21/h2-10,12H,11H2,1H3,(H,22,23)/t12-/m1/s1. The van der Waals surface area contributed by atoms with E-state index in [0.29, 0.717) is 5.75 Å². The lowest BCUT2D eigenvalue weighted by Crippen LogP contribution is -2.29. The van der Waals surface area contributed by atoms with Gasteiger partial charge in [0.2, 0.25) is 0 Å². The molecule has 2 aromatic carbocycles. The predicted octanol–water partition coefficient (Wildman–Crippen LogP) is 3.53. The van der Waals surface area contributed by atoms with Crippen molar-refractivity contribution in [2.24, 2.45) is 0 Å². The number of ether oxygens (including phenoxy) is 3. The van der Waals surface area contributed by atoms with Gasteiger partial charge in [0.1, 0.15) is 11.5 Å². The summed E-state index contributed by atoms with van der Waals surface area (Å²) < 4.78 is 50.2. The van der Waals surface area contributed by atoms with E-state index in [9.17, 15) is 22.8 Å². The smallest absolute Gasteiger partial charge is 0.479 e. The fourth-order valence-electron chi connectivity index (χ4n) is 1.94. The van der Waals surface area contributed by atoms with Gasteiger partial charge in [0.15, 0.2) is 12.7 Å². The van der Waals surface area contributed by atoms with Crippen LogP contribution in [0.1, 0.15) is 6.92 Å². The molecule has 2 rings (SSSR count). The fraction of sp³-hybridized carbons (Fsp3) is 0.222. The minimum atomic E-state index is -4.79. The molecule has 0 saturated heterocycles. The molecular weight excluding hydrogens is 367 g/mol. The Morgan fingerprint density at radius 3 is 2.22 bits per heavy atom. The summed E-state index contributed by atoms with van der Waals surface area (Å²) in [6.45, 7) is 0.911. The number of para-hydroxylation sites is 1. The van der Waals surface area contributed by atoms with Crippen molar-refractivity contribution in [2.75, 3.05) is 11.9 Å². The van der Waals surface area contributed by atoms with Gasteiger partial charge in [-0.15, -0.1) is 13.2 Å². The summed E-state index contributed by atoms with van der Waals surface area (Å²) >= 11 is 0. The molecule has 1 amide bonds. The second kappa shape index (κ2) is 8.93. The molecule has 27 heavy (non-hydrogen) atoms. The van der Waals surface area contributed by atoms with Crippen LogP contribution in [-0.4, -0.2) is 30.9 Å². The van der Waals surface area contributed by atoms with Gasteiger partial charge in [-0.25, -0.2) is 4.79 Å². The normalized spacial score (nSPS) is 12.0. The van der Waals surface area contributed by atoms with E-state index in [4.69, 9.17) is 9.47 Å². The summed E-state index contributed by atoms with van der Waals surface area (Å²) in [7, 11) is 0. The number of rotatable bonds is 7. The van der Waals surface area contributed by atoms with Crippen LogP contribution in [0.5, 0.6) is 11.5 Å². The first kappa shape index (κ1) is 20.1. The molecule has 9 heteroatoms. The van der Waals surface area contributed by atoms with Crippen LogP contribution in [-0.2, 0) is 14.3 Å². The first-order valence-electron chi connectivity index (χ1n) is 7.77. The summed E-state index contributed by atoms with van der Waals surface area (Å²) in [5.41, 5.74) is 0.221. The Bertz CT molecular complexity index is 763. The number of amides is 1. The number of alkyl halides is 3. The molecule has 0 unspecified atom stereocenters. The van der Waals surface area contributed by atoms with Gasteiger partial charge in [0, 0.05) is 5.69 Å². The zero-order chi connectivity index (χ0) is 19.9. The van der Waals surface area contributed by atoms with Crippen molar-refractivity contribution < 1.29 is 37.0 Å². The Kier molecular flexibility index (Phi) is 6.64. The molecule has 0 spiro atoms. The maximum Gasteiger partial charge on any atom is 0.573 e. The van der Waals surface area contributed by atoms with Crippen LogP contribution >= 0.6 is 0 Å². The van der Waals surface area contributed by atoms with Crippen LogP contribution in [0.2, 0.25) is 0 Å². The number of anilines is 1. The Labute approximate surface area is 152 Å². The minimum Gasteiger partial charge on any atom is -0.479 e. The van der Waals surface area contributed by atoms with Gasteiger partial charge in [-0.3, -0.25) is 4.79 Å². The summed E-state index contributed by atoms with van der Waals surface area (Å²) in [5, 5.41) is 2.38. The third kappa shape index (κ3) is 7.27. The summed E-state index contributed by atoms with van der Waals surface area (Å²) in [6.07, 6.45) is -5.71. The van der Waals surface area contributed by atoms with E-state index in [2.05, 4.69) is 10.1 Å². The van der Waals surface area contributed by atoms with Crippen molar-refractivity contribution in [1.82, 2.24) is 0 Å². The zero-order valence-corrected chi connectivity index (χ0v) is 14.2. The number of benzene rings is 2. The van der Waals surface area contributed by atoms with E-state index in [0.717, 1.165) is 12.1 Å². The monoisotopic (exact) mass is 383 g/mol. The van der Waals surface area contributed by atoms with Crippen molar-refractivity contribution in [1.29, 1.82) is 0 Å². The highest BCUT2D eigenvalue weighted by Gasteiger charge is 2.31. The molecule has 0 aliphatic heterocycles. The van der Waals surface area contributed by atoms with Gasteiger partial charge in [-0.1, -0.05) is 18.2 Å². The van der Waals surface area contributed by atoms with Crippen LogP contribution in [0.15, 0.2) is 54.6 Å². The molecule has 2 aromatic rings. The van der Waals surface area contributed by atoms with E-state index in [-0.39, 0.29) is 5.69 Å². The topological polar surface area (TPSA) is 73.9 Å². The van der Waals surface area contributed by atoms with Gasteiger partial charge < -0.3 is 19.5 Å². The van der Waals surface area contributed by atoms with Gasteiger partial charge in [0.05, 0.1) is 0 Å². The average molecular weight is 383 g/mol. The van der Waals surface area contributed by atoms with E-state index in [1.54, 1.807) is 30.3 Å². The molecule has 0 aliphatic carbocycles. The molecule has 0 radical (unpaired) electrons. The minimum absolute atomic E-state index is 0.221. The first-order chi connectivity index (χ1) is 12.7. The predicted molar refractivity (Wildman–Crippen MR) is 89.2 cm³/mol. The van der Waals surface area contributed by atoms with Crippen LogP contribution < -0.4 is 14.8 Å². The Morgan fingerprint density at radius 1 is 1.00 bits per heavy atom. The molecule has 0 saturated carbocycles. The third-order valence-electron chi connectivity index (χ3n) is 3.11. The lowest BCUT2D eigenvalue weighted by Gasteiger charge is -2.14. The van der Waals surface area contributed by atoms with Crippen molar-refractivity contribution in [3.8, 4) is 11.5 Å². The molecule has 0 aromatic heterocycles. The maximum absolute atomic E-state index is 12.1. The number of carbonyl (C=O) groups excluding carboxylic acids is 2. The van der Waals surface area contributed by atoms with Gasteiger partial charge in [-0.05, 0) is 43.3 Å². The number of esters is 1. The number of halogens is 3. The molecule has 144 valence electrons. The molecule has 1 N–H and O–H groups in total. The van der Waals surface area contributed by atoms with Crippen molar-refractivity contribution in [2.45, 2.75) is 19.4 Å². The molecule has 0 fully saturated rings. The molecule has 1 atom stereocenters. The fourth-order valence-corrected chi connectivity index (χ4v) is 1.94. The zero-order valence-electron chi connectivity index (χ0n) is 14.2. The molecular formula is C18H16F3NO5. The Balaban J connectivity index is 1.77. The van der Waals surface area contributed by atoms with Crippen molar-refractivity contribution in [3.63, 3.8) is 0 Å².